The normalized spacial score (nSPS) is 10.3. The van der Waals surface area contributed by atoms with Crippen molar-refractivity contribution in [3.63, 3.8) is 0 Å². The molecule has 21 heavy (non-hydrogen) atoms. The maximum absolute atomic E-state index is 12.3. The highest BCUT2D eigenvalue weighted by molar-refractivity contribution is 7.12. The van der Waals surface area contributed by atoms with E-state index in [-0.39, 0.29) is 5.91 Å². The Labute approximate surface area is 125 Å². The second-order valence-electron chi connectivity index (χ2n) is 4.32. The lowest BCUT2D eigenvalue weighted by molar-refractivity contribution is 0.102. The van der Waals surface area contributed by atoms with Gasteiger partial charge in [-0.25, -0.2) is 0 Å². The fourth-order valence-corrected chi connectivity index (χ4v) is 2.75. The number of ether oxygens (including phenoxy) is 1. The molecule has 3 rings (SSSR count). The number of H-pyrrole nitrogens is 1. The van der Waals surface area contributed by atoms with E-state index in [0.29, 0.717) is 10.6 Å². The zero-order valence-corrected chi connectivity index (χ0v) is 12.1. The van der Waals surface area contributed by atoms with Gasteiger partial charge in [0.1, 0.15) is 10.6 Å². The van der Waals surface area contributed by atoms with E-state index in [0.717, 1.165) is 16.9 Å². The summed E-state index contributed by atoms with van der Waals surface area (Å²) in [6.45, 7) is 0. The maximum atomic E-state index is 12.3. The average molecular weight is 299 g/mol. The molecule has 3 aromatic rings. The number of carbonyl (C=O) groups is 1. The van der Waals surface area contributed by atoms with Crippen LogP contribution in [0.2, 0.25) is 0 Å². The van der Waals surface area contributed by atoms with E-state index in [1.165, 1.54) is 11.3 Å². The quantitative estimate of drug-likeness (QED) is 0.776. The summed E-state index contributed by atoms with van der Waals surface area (Å²) in [7, 11) is 1.55. The highest BCUT2D eigenvalue weighted by Gasteiger charge is 2.14. The minimum atomic E-state index is -0.177. The van der Waals surface area contributed by atoms with E-state index in [2.05, 4.69) is 15.5 Å². The summed E-state index contributed by atoms with van der Waals surface area (Å²) in [6.07, 6.45) is 1.69. The Bertz CT molecular complexity index is 750. The van der Waals surface area contributed by atoms with Gasteiger partial charge in [0, 0.05) is 17.4 Å². The first kappa shape index (κ1) is 13.4. The monoisotopic (exact) mass is 299 g/mol. The van der Waals surface area contributed by atoms with Crippen LogP contribution < -0.4 is 10.1 Å². The van der Waals surface area contributed by atoms with Gasteiger partial charge in [-0.05, 0) is 29.6 Å². The third-order valence-corrected chi connectivity index (χ3v) is 3.88. The molecule has 0 saturated heterocycles. The standard InChI is InChI=1S/C15H13N3O2S/c1-20-13-6-8-21-14(13)15(19)17-11-4-2-3-10(9-11)12-5-7-16-18-12/h2-9H,1H3,(H,16,18)(H,17,19). The molecule has 5 nitrogen and oxygen atoms in total. The SMILES string of the molecule is COc1ccsc1C(=O)Nc1cccc(-c2ccn[nH]2)c1. The van der Waals surface area contributed by atoms with Gasteiger partial charge in [0.2, 0.25) is 0 Å². The van der Waals surface area contributed by atoms with Gasteiger partial charge in [-0.3, -0.25) is 9.89 Å². The Morgan fingerprint density at radius 2 is 2.24 bits per heavy atom. The van der Waals surface area contributed by atoms with E-state index in [4.69, 9.17) is 4.74 Å². The maximum Gasteiger partial charge on any atom is 0.269 e. The van der Waals surface area contributed by atoms with Crippen LogP contribution >= 0.6 is 11.3 Å². The summed E-state index contributed by atoms with van der Waals surface area (Å²) in [5, 5.41) is 11.5. The van der Waals surface area contributed by atoms with Crippen molar-refractivity contribution >= 4 is 22.9 Å². The third kappa shape index (κ3) is 2.80. The van der Waals surface area contributed by atoms with E-state index < -0.39 is 0 Å². The van der Waals surface area contributed by atoms with E-state index >= 15 is 0 Å². The minimum Gasteiger partial charge on any atom is -0.495 e. The summed E-state index contributed by atoms with van der Waals surface area (Å²) in [5.41, 5.74) is 2.59. The van der Waals surface area contributed by atoms with Crippen LogP contribution in [0.5, 0.6) is 5.75 Å². The van der Waals surface area contributed by atoms with Crippen LogP contribution in [0, 0.1) is 0 Å². The van der Waals surface area contributed by atoms with Gasteiger partial charge in [0.25, 0.3) is 5.91 Å². The molecule has 0 unspecified atom stereocenters. The van der Waals surface area contributed by atoms with Crippen LogP contribution in [0.1, 0.15) is 9.67 Å². The van der Waals surface area contributed by atoms with Crippen molar-refractivity contribution in [3.05, 3.63) is 52.9 Å². The zero-order chi connectivity index (χ0) is 14.7. The van der Waals surface area contributed by atoms with Crippen molar-refractivity contribution in [2.75, 3.05) is 12.4 Å². The van der Waals surface area contributed by atoms with Gasteiger partial charge >= 0.3 is 0 Å². The summed E-state index contributed by atoms with van der Waals surface area (Å²) < 4.78 is 5.16. The summed E-state index contributed by atoms with van der Waals surface area (Å²) >= 11 is 1.35. The molecule has 2 heterocycles. The molecule has 0 atom stereocenters. The first-order valence-corrected chi connectivity index (χ1v) is 7.18. The summed E-state index contributed by atoms with van der Waals surface area (Å²) in [4.78, 5) is 12.8. The predicted molar refractivity (Wildman–Crippen MR) is 82.8 cm³/mol. The lowest BCUT2D eigenvalue weighted by atomic mass is 10.1. The van der Waals surface area contributed by atoms with Crippen LogP contribution in [-0.4, -0.2) is 23.2 Å². The number of hydrogen-bond donors (Lipinski definition) is 2. The number of rotatable bonds is 4. The van der Waals surface area contributed by atoms with Crippen molar-refractivity contribution in [2.45, 2.75) is 0 Å². The first-order chi connectivity index (χ1) is 10.3. The van der Waals surface area contributed by atoms with Gasteiger partial charge in [0.15, 0.2) is 0 Å². The summed E-state index contributed by atoms with van der Waals surface area (Å²) in [6, 6.07) is 11.2. The molecule has 2 N–H and O–H groups in total. The second kappa shape index (κ2) is 5.80. The Kier molecular flexibility index (Phi) is 3.70. The molecule has 0 spiro atoms. The Hall–Kier alpha value is -2.60. The Morgan fingerprint density at radius 3 is 3.00 bits per heavy atom. The fraction of sp³-hybridized carbons (Fsp3) is 0.0667. The molecular weight excluding hydrogens is 286 g/mol. The van der Waals surface area contributed by atoms with Crippen LogP contribution in [0.4, 0.5) is 5.69 Å². The topological polar surface area (TPSA) is 67.0 Å². The highest BCUT2D eigenvalue weighted by Crippen LogP contribution is 2.26. The van der Waals surface area contributed by atoms with Crippen molar-refractivity contribution in [3.8, 4) is 17.0 Å². The van der Waals surface area contributed by atoms with Gasteiger partial charge in [0.05, 0.1) is 12.8 Å². The number of amides is 1. The minimum absolute atomic E-state index is 0.177. The van der Waals surface area contributed by atoms with Crippen molar-refractivity contribution in [2.24, 2.45) is 0 Å². The zero-order valence-electron chi connectivity index (χ0n) is 11.3. The number of benzene rings is 1. The van der Waals surface area contributed by atoms with Crippen LogP contribution in [0.25, 0.3) is 11.3 Å². The van der Waals surface area contributed by atoms with E-state index in [9.17, 15) is 4.79 Å². The van der Waals surface area contributed by atoms with Crippen molar-refractivity contribution in [1.29, 1.82) is 0 Å². The van der Waals surface area contributed by atoms with Crippen LogP contribution in [0.15, 0.2) is 48.0 Å². The summed E-state index contributed by atoms with van der Waals surface area (Å²) in [5.74, 6) is 0.408. The van der Waals surface area contributed by atoms with Crippen molar-refractivity contribution < 1.29 is 9.53 Å². The fourth-order valence-electron chi connectivity index (χ4n) is 1.99. The second-order valence-corrected chi connectivity index (χ2v) is 5.24. The number of carbonyl (C=O) groups excluding carboxylic acids is 1. The number of methoxy groups -OCH3 is 1. The highest BCUT2D eigenvalue weighted by atomic mass is 32.1. The van der Waals surface area contributed by atoms with Crippen LogP contribution in [0.3, 0.4) is 0 Å². The number of aromatic nitrogens is 2. The third-order valence-electron chi connectivity index (χ3n) is 2.99. The number of nitrogens with one attached hydrogen (secondary N) is 2. The molecule has 0 bridgehead atoms. The number of hydrogen-bond acceptors (Lipinski definition) is 4. The molecule has 0 saturated carbocycles. The average Bonchev–Trinajstić information content (AvgIpc) is 3.18. The molecule has 2 aromatic heterocycles. The largest absolute Gasteiger partial charge is 0.495 e. The number of nitrogens with zero attached hydrogens (tertiary/aromatic N) is 1. The first-order valence-electron chi connectivity index (χ1n) is 6.30. The van der Waals surface area contributed by atoms with Crippen LogP contribution in [-0.2, 0) is 0 Å². The molecule has 1 aromatic carbocycles. The molecule has 0 fully saturated rings. The predicted octanol–water partition coefficient (Wildman–Crippen LogP) is 3.40. The van der Waals surface area contributed by atoms with Gasteiger partial charge in [-0.1, -0.05) is 12.1 Å². The lowest BCUT2D eigenvalue weighted by Gasteiger charge is -2.07. The van der Waals surface area contributed by atoms with Crippen molar-refractivity contribution in [1.82, 2.24) is 10.2 Å². The number of thiophene rings is 1. The Morgan fingerprint density at radius 1 is 1.33 bits per heavy atom. The van der Waals surface area contributed by atoms with Gasteiger partial charge in [-0.2, -0.15) is 5.10 Å². The molecule has 106 valence electrons. The van der Waals surface area contributed by atoms with Gasteiger partial charge in [-0.15, -0.1) is 11.3 Å². The van der Waals surface area contributed by atoms with E-state index in [1.54, 1.807) is 19.4 Å². The number of anilines is 1. The van der Waals surface area contributed by atoms with E-state index in [1.807, 2.05) is 35.7 Å². The van der Waals surface area contributed by atoms with Gasteiger partial charge < -0.3 is 10.1 Å². The molecule has 0 aliphatic heterocycles. The molecule has 0 radical (unpaired) electrons. The molecule has 1 amide bonds. The Balaban J connectivity index is 1.82. The molecule has 0 aliphatic rings. The smallest absolute Gasteiger partial charge is 0.269 e. The molecular formula is C15H13N3O2S. The molecule has 0 aliphatic carbocycles. The molecule has 6 heteroatoms. The lowest BCUT2D eigenvalue weighted by Crippen LogP contribution is -2.11. The number of aromatic amines is 1.